The highest BCUT2D eigenvalue weighted by Gasteiger charge is 2.30. The molecule has 0 aliphatic carbocycles. The number of anilines is 2. The molecular weight excluding hydrogens is 382 g/mol. The standard InChI is InChI=1S/C18H23N5O4S/c1-22(2)17-20-18(28-21-17)23-9-11(8-12(24)10-23)19-16(25)13-4-3-5-14-15(13)27-7-6-26-14/h3-5,11-12,24H,6-10H2,1-2H3,(H,19,25)/t11-,12+/m0/s1. The van der Waals surface area contributed by atoms with Crippen LogP contribution in [-0.2, 0) is 0 Å². The molecule has 2 aliphatic heterocycles. The number of carbonyl (C=O) groups excluding carboxylic acids is 1. The van der Waals surface area contributed by atoms with Gasteiger partial charge in [-0.15, -0.1) is 0 Å². The SMILES string of the molecule is CN(C)c1nsc(N2C[C@H](O)C[C@H](NC(=O)c3cccc4c3OCCO4)C2)n1. The zero-order valence-electron chi connectivity index (χ0n) is 15.8. The van der Waals surface area contributed by atoms with Gasteiger partial charge < -0.3 is 29.7 Å². The van der Waals surface area contributed by atoms with Gasteiger partial charge in [0.15, 0.2) is 11.5 Å². The lowest BCUT2D eigenvalue weighted by atomic mass is 10.0. The summed E-state index contributed by atoms with van der Waals surface area (Å²) in [6.07, 6.45) is -0.0800. The van der Waals surface area contributed by atoms with Gasteiger partial charge in [-0.2, -0.15) is 9.36 Å². The molecular formula is C18H23N5O4S. The maximum Gasteiger partial charge on any atom is 0.255 e. The van der Waals surface area contributed by atoms with E-state index in [9.17, 15) is 9.90 Å². The van der Waals surface area contributed by atoms with Gasteiger partial charge in [-0.1, -0.05) is 6.07 Å². The number of nitrogens with one attached hydrogen (secondary N) is 1. The van der Waals surface area contributed by atoms with Gasteiger partial charge in [0.25, 0.3) is 5.91 Å². The van der Waals surface area contributed by atoms with Crippen molar-refractivity contribution >= 4 is 28.5 Å². The first-order chi connectivity index (χ1) is 13.5. The van der Waals surface area contributed by atoms with Gasteiger partial charge in [-0.3, -0.25) is 4.79 Å². The molecule has 1 saturated heterocycles. The average molecular weight is 405 g/mol. The van der Waals surface area contributed by atoms with Gasteiger partial charge in [-0.25, -0.2) is 0 Å². The number of amides is 1. The lowest BCUT2D eigenvalue weighted by Crippen LogP contribution is -2.52. The molecule has 10 heteroatoms. The van der Waals surface area contributed by atoms with Crippen molar-refractivity contribution in [1.82, 2.24) is 14.7 Å². The summed E-state index contributed by atoms with van der Waals surface area (Å²) in [6.45, 7) is 1.90. The van der Waals surface area contributed by atoms with Crippen molar-refractivity contribution in [3.63, 3.8) is 0 Å². The Morgan fingerprint density at radius 2 is 2.14 bits per heavy atom. The molecule has 28 heavy (non-hydrogen) atoms. The van der Waals surface area contributed by atoms with Gasteiger partial charge in [0.05, 0.1) is 11.7 Å². The Morgan fingerprint density at radius 3 is 2.93 bits per heavy atom. The van der Waals surface area contributed by atoms with Crippen molar-refractivity contribution in [2.45, 2.75) is 18.6 Å². The lowest BCUT2D eigenvalue weighted by Gasteiger charge is -2.35. The maximum atomic E-state index is 12.8. The van der Waals surface area contributed by atoms with Crippen LogP contribution in [0.4, 0.5) is 11.1 Å². The summed E-state index contributed by atoms with van der Waals surface area (Å²) >= 11 is 1.29. The molecule has 1 aromatic heterocycles. The highest BCUT2D eigenvalue weighted by Crippen LogP contribution is 2.33. The quantitative estimate of drug-likeness (QED) is 0.769. The van der Waals surface area contributed by atoms with E-state index in [2.05, 4.69) is 14.7 Å². The predicted octanol–water partition coefficient (Wildman–Crippen LogP) is 0.745. The third kappa shape index (κ3) is 3.83. The number of nitrogens with zero attached hydrogens (tertiary/aromatic N) is 4. The number of rotatable bonds is 4. The number of ether oxygens (including phenoxy) is 2. The van der Waals surface area contributed by atoms with Crippen molar-refractivity contribution in [2.24, 2.45) is 0 Å². The number of fused-ring (bicyclic) bond motifs is 1. The van der Waals surface area contributed by atoms with Crippen LogP contribution in [0.5, 0.6) is 11.5 Å². The minimum absolute atomic E-state index is 0.219. The first-order valence-corrected chi connectivity index (χ1v) is 9.92. The predicted molar refractivity (Wildman–Crippen MR) is 106 cm³/mol. The van der Waals surface area contributed by atoms with E-state index in [1.807, 2.05) is 23.9 Å². The summed E-state index contributed by atoms with van der Waals surface area (Å²) in [6, 6.07) is 5.06. The molecule has 1 fully saturated rings. The Labute approximate surface area is 167 Å². The van der Waals surface area contributed by atoms with E-state index in [1.165, 1.54) is 11.5 Å². The van der Waals surface area contributed by atoms with Crippen LogP contribution in [0.1, 0.15) is 16.8 Å². The third-order valence-corrected chi connectivity index (χ3v) is 5.42. The number of piperidine rings is 1. The van der Waals surface area contributed by atoms with Gasteiger partial charge >= 0.3 is 0 Å². The molecule has 4 rings (SSSR count). The Hall–Kier alpha value is -2.59. The zero-order chi connectivity index (χ0) is 19.7. The molecule has 0 radical (unpaired) electrons. The second-order valence-electron chi connectivity index (χ2n) is 7.07. The highest BCUT2D eigenvalue weighted by atomic mass is 32.1. The fourth-order valence-corrected chi connectivity index (χ4v) is 4.12. The summed E-state index contributed by atoms with van der Waals surface area (Å²) < 4.78 is 15.5. The van der Waals surface area contributed by atoms with Crippen LogP contribution in [0.15, 0.2) is 18.2 Å². The van der Waals surface area contributed by atoms with Crippen LogP contribution in [-0.4, -0.2) is 72.9 Å². The fourth-order valence-electron chi connectivity index (χ4n) is 3.37. The number of aromatic nitrogens is 2. The minimum Gasteiger partial charge on any atom is -0.486 e. The first kappa shape index (κ1) is 18.8. The molecule has 2 atom stereocenters. The monoisotopic (exact) mass is 405 g/mol. The lowest BCUT2D eigenvalue weighted by molar-refractivity contribution is 0.0885. The summed E-state index contributed by atoms with van der Waals surface area (Å²) in [5.41, 5.74) is 0.439. The molecule has 0 unspecified atom stereocenters. The van der Waals surface area contributed by atoms with Crippen LogP contribution in [0.3, 0.4) is 0 Å². The Morgan fingerprint density at radius 1 is 1.32 bits per heavy atom. The number of β-amino-alcohol motifs (C(OH)–C–C–N with tert-alkyl or cyclic N) is 1. The van der Waals surface area contributed by atoms with Crippen molar-refractivity contribution in [3.05, 3.63) is 23.8 Å². The Kier molecular flexibility index (Phi) is 5.23. The topological polar surface area (TPSA) is 100 Å². The number of hydrogen-bond acceptors (Lipinski definition) is 9. The minimum atomic E-state index is -0.560. The second-order valence-corrected chi connectivity index (χ2v) is 7.80. The van der Waals surface area contributed by atoms with E-state index in [0.717, 1.165) is 5.13 Å². The van der Waals surface area contributed by atoms with Crippen molar-refractivity contribution in [1.29, 1.82) is 0 Å². The van der Waals surface area contributed by atoms with E-state index in [-0.39, 0.29) is 11.9 Å². The van der Waals surface area contributed by atoms with E-state index < -0.39 is 6.10 Å². The average Bonchev–Trinajstić information content (AvgIpc) is 3.18. The van der Waals surface area contributed by atoms with Crippen LogP contribution >= 0.6 is 11.5 Å². The second kappa shape index (κ2) is 7.80. The smallest absolute Gasteiger partial charge is 0.255 e. The van der Waals surface area contributed by atoms with Crippen LogP contribution in [0.2, 0.25) is 0 Å². The summed E-state index contributed by atoms with van der Waals surface area (Å²) in [7, 11) is 3.76. The largest absolute Gasteiger partial charge is 0.486 e. The summed E-state index contributed by atoms with van der Waals surface area (Å²) in [5, 5.41) is 14.1. The molecule has 2 aromatic rings. The molecule has 2 N–H and O–H groups in total. The van der Waals surface area contributed by atoms with Gasteiger partial charge in [0.1, 0.15) is 13.2 Å². The molecule has 2 aliphatic rings. The zero-order valence-corrected chi connectivity index (χ0v) is 16.6. The summed E-state index contributed by atoms with van der Waals surface area (Å²) in [4.78, 5) is 21.1. The van der Waals surface area contributed by atoms with Crippen molar-refractivity contribution in [3.8, 4) is 11.5 Å². The molecule has 0 saturated carbocycles. The van der Waals surface area contributed by atoms with Crippen molar-refractivity contribution in [2.75, 3.05) is 50.2 Å². The van der Waals surface area contributed by atoms with Crippen LogP contribution < -0.4 is 24.6 Å². The van der Waals surface area contributed by atoms with Gasteiger partial charge in [0.2, 0.25) is 11.1 Å². The van der Waals surface area contributed by atoms with Crippen LogP contribution in [0.25, 0.3) is 0 Å². The third-order valence-electron chi connectivity index (χ3n) is 4.65. The highest BCUT2D eigenvalue weighted by molar-refractivity contribution is 7.09. The normalized spacial score (nSPS) is 21.3. The number of aliphatic hydroxyl groups excluding tert-OH is 1. The van der Waals surface area contributed by atoms with E-state index in [4.69, 9.17) is 9.47 Å². The molecule has 1 aromatic carbocycles. The maximum absolute atomic E-state index is 12.8. The fraction of sp³-hybridized carbons (Fsp3) is 0.500. The van der Waals surface area contributed by atoms with Gasteiger partial charge in [0, 0.05) is 44.8 Å². The molecule has 9 nitrogen and oxygen atoms in total. The Balaban J connectivity index is 1.47. The molecule has 3 heterocycles. The number of aliphatic hydroxyl groups is 1. The summed E-state index contributed by atoms with van der Waals surface area (Å²) in [5.74, 6) is 1.44. The van der Waals surface area contributed by atoms with Crippen LogP contribution in [0, 0.1) is 0 Å². The number of hydrogen-bond donors (Lipinski definition) is 2. The molecule has 0 bridgehead atoms. The van der Waals surface area contributed by atoms with E-state index in [1.54, 1.807) is 18.2 Å². The molecule has 150 valence electrons. The van der Waals surface area contributed by atoms with E-state index in [0.29, 0.717) is 55.7 Å². The number of benzene rings is 1. The van der Waals surface area contributed by atoms with Gasteiger partial charge in [-0.05, 0) is 18.6 Å². The number of para-hydroxylation sites is 1. The number of carbonyl (C=O) groups is 1. The molecule has 1 amide bonds. The molecule has 0 spiro atoms. The van der Waals surface area contributed by atoms with Crippen molar-refractivity contribution < 1.29 is 19.4 Å². The first-order valence-electron chi connectivity index (χ1n) is 9.15. The van der Waals surface area contributed by atoms with E-state index >= 15 is 0 Å². The Bertz CT molecular complexity index is 858.